The predicted octanol–water partition coefficient (Wildman–Crippen LogP) is 3.48. The number of ether oxygens (including phenoxy) is 2. The van der Waals surface area contributed by atoms with Crippen molar-refractivity contribution < 1.29 is 18.7 Å². The van der Waals surface area contributed by atoms with Gasteiger partial charge in [0.1, 0.15) is 5.82 Å². The minimum atomic E-state index is -0.275. The molecular weight excluding hydrogens is 373 g/mol. The predicted molar refractivity (Wildman–Crippen MR) is 104 cm³/mol. The van der Waals surface area contributed by atoms with Crippen LogP contribution in [0.4, 0.5) is 4.39 Å². The molecule has 3 aromatic rings. The highest BCUT2D eigenvalue weighted by atomic mass is 19.1. The van der Waals surface area contributed by atoms with Crippen LogP contribution in [0.1, 0.15) is 35.7 Å². The quantitative estimate of drug-likeness (QED) is 0.737. The normalized spacial score (nSPS) is 17.1. The molecule has 2 aromatic carbocycles. The molecule has 0 spiro atoms. The van der Waals surface area contributed by atoms with Gasteiger partial charge in [-0.1, -0.05) is 6.07 Å². The molecule has 0 unspecified atom stereocenters. The van der Waals surface area contributed by atoms with Crippen molar-refractivity contribution in [1.29, 1.82) is 0 Å². The summed E-state index contributed by atoms with van der Waals surface area (Å²) in [4.78, 5) is 12.7. The molecular formula is C22H20FN3O3. The van der Waals surface area contributed by atoms with Gasteiger partial charge in [0.2, 0.25) is 12.7 Å². The van der Waals surface area contributed by atoms with E-state index in [1.807, 2.05) is 29.1 Å². The van der Waals surface area contributed by atoms with E-state index in [2.05, 4.69) is 10.4 Å². The Balaban J connectivity index is 1.32. The van der Waals surface area contributed by atoms with Gasteiger partial charge in [0, 0.05) is 11.3 Å². The van der Waals surface area contributed by atoms with Crippen LogP contribution in [0.2, 0.25) is 0 Å². The molecule has 1 aliphatic carbocycles. The summed E-state index contributed by atoms with van der Waals surface area (Å²) in [6.07, 6.45) is 4.78. The van der Waals surface area contributed by atoms with Gasteiger partial charge in [-0.2, -0.15) is 5.10 Å². The van der Waals surface area contributed by atoms with Crippen molar-refractivity contribution in [2.45, 2.75) is 31.7 Å². The Kier molecular flexibility index (Phi) is 4.42. The first-order valence-electron chi connectivity index (χ1n) is 9.68. The second-order valence-corrected chi connectivity index (χ2v) is 7.31. The number of hydrogen-bond acceptors (Lipinski definition) is 4. The van der Waals surface area contributed by atoms with E-state index in [-0.39, 0.29) is 31.0 Å². The molecule has 0 bridgehead atoms. The summed E-state index contributed by atoms with van der Waals surface area (Å²) in [5, 5.41) is 7.63. The Labute approximate surface area is 167 Å². The lowest BCUT2D eigenvalue weighted by molar-refractivity contribution is -0.121. The average molecular weight is 393 g/mol. The molecule has 1 amide bonds. The van der Waals surface area contributed by atoms with Crippen LogP contribution in [0.5, 0.6) is 11.5 Å². The second-order valence-electron chi connectivity index (χ2n) is 7.31. The number of fused-ring (bicyclic) bond motifs is 2. The lowest BCUT2D eigenvalue weighted by atomic mass is 9.92. The summed E-state index contributed by atoms with van der Waals surface area (Å²) in [5.74, 6) is 1.06. The largest absolute Gasteiger partial charge is 0.454 e. The Hall–Kier alpha value is -3.35. The molecule has 5 rings (SSSR count). The van der Waals surface area contributed by atoms with Gasteiger partial charge >= 0.3 is 0 Å². The first kappa shape index (κ1) is 17.7. The molecule has 0 fully saturated rings. The third-order valence-electron chi connectivity index (χ3n) is 5.39. The molecule has 6 nitrogen and oxygen atoms in total. The fourth-order valence-electron chi connectivity index (χ4n) is 3.99. The zero-order valence-corrected chi connectivity index (χ0v) is 15.7. The molecule has 29 heavy (non-hydrogen) atoms. The lowest BCUT2D eigenvalue weighted by Gasteiger charge is -2.24. The number of hydrogen-bond donors (Lipinski definition) is 1. The van der Waals surface area contributed by atoms with E-state index in [4.69, 9.17) is 9.47 Å². The van der Waals surface area contributed by atoms with Crippen molar-refractivity contribution in [3.63, 3.8) is 0 Å². The van der Waals surface area contributed by atoms with E-state index in [0.29, 0.717) is 11.5 Å². The zero-order chi connectivity index (χ0) is 19.8. The Morgan fingerprint density at radius 2 is 2.00 bits per heavy atom. The number of amides is 1. The molecule has 1 aliphatic heterocycles. The summed E-state index contributed by atoms with van der Waals surface area (Å²) >= 11 is 0. The molecule has 0 saturated carbocycles. The van der Waals surface area contributed by atoms with Gasteiger partial charge in [-0.05, 0) is 61.2 Å². The van der Waals surface area contributed by atoms with Crippen LogP contribution in [-0.4, -0.2) is 22.5 Å². The minimum Gasteiger partial charge on any atom is -0.454 e. The topological polar surface area (TPSA) is 65.4 Å². The van der Waals surface area contributed by atoms with E-state index in [1.165, 1.54) is 12.1 Å². The lowest BCUT2D eigenvalue weighted by Crippen LogP contribution is -2.32. The summed E-state index contributed by atoms with van der Waals surface area (Å²) in [7, 11) is 0. The molecule has 0 radical (unpaired) electrons. The first-order chi connectivity index (χ1) is 14.2. The summed E-state index contributed by atoms with van der Waals surface area (Å²) in [6.45, 7) is 0.216. The van der Waals surface area contributed by atoms with Crippen LogP contribution in [0.3, 0.4) is 0 Å². The molecule has 2 aliphatic rings. The van der Waals surface area contributed by atoms with Gasteiger partial charge in [0.15, 0.2) is 11.5 Å². The van der Waals surface area contributed by atoms with E-state index >= 15 is 0 Å². The standard InChI is InChI=1S/C22H20FN3O3/c23-15-5-7-16(8-6-15)26-19-3-1-2-18(17(19)12-24-26)25-22(27)11-14-4-9-20-21(10-14)29-13-28-20/h4-10,12,18H,1-3,11,13H2,(H,25,27)/t18-/m0/s1. The van der Waals surface area contributed by atoms with E-state index in [0.717, 1.165) is 41.8 Å². The van der Waals surface area contributed by atoms with Crippen molar-refractivity contribution in [1.82, 2.24) is 15.1 Å². The third-order valence-corrected chi connectivity index (χ3v) is 5.39. The molecule has 1 atom stereocenters. The van der Waals surface area contributed by atoms with E-state index in [1.54, 1.807) is 12.1 Å². The van der Waals surface area contributed by atoms with Gasteiger partial charge < -0.3 is 14.8 Å². The van der Waals surface area contributed by atoms with Gasteiger partial charge in [0.05, 0.1) is 24.3 Å². The molecule has 0 saturated heterocycles. The van der Waals surface area contributed by atoms with Crippen molar-refractivity contribution >= 4 is 5.91 Å². The molecule has 148 valence electrons. The first-order valence-corrected chi connectivity index (χ1v) is 9.68. The SMILES string of the molecule is O=C(Cc1ccc2c(c1)OCO2)N[C@H]1CCCc2c1cnn2-c1ccc(F)cc1. The summed E-state index contributed by atoms with van der Waals surface area (Å²) in [5.41, 5.74) is 3.79. The number of rotatable bonds is 4. The number of carbonyl (C=O) groups is 1. The maximum Gasteiger partial charge on any atom is 0.231 e. The fourth-order valence-corrected chi connectivity index (χ4v) is 3.99. The smallest absolute Gasteiger partial charge is 0.231 e. The molecule has 1 aromatic heterocycles. The van der Waals surface area contributed by atoms with Gasteiger partial charge in [0.25, 0.3) is 0 Å². The fraction of sp³-hybridized carbons (Fsp3) is 0.273. The number of halogens is 1. The van der Waals surface area contributed by atoms with Crippen LogP contribution in [-0.2, 0) is 17.6 Å². The summed E-state index contributed by atoms with van der Waals surface area (Å²) < 4.78 is 25.8. The number of nitrogens with zero attached hydrogens (tertiary/aromatic N) is 2. The van der Waals surface area contributed by atoms with Crippen molar-refractivity contribution in [2.75, 3.05) is 6.79 Å². The minimum absolute atomic E-state index is 0.0451. The number of benzene rings is 2. The molecule has 7 heteroatoms. The maximum atomic E-state index is 13.2. The second kappa shape index (κ2) is 7.24. The van der Waals surface area contributed by atoms with E-state index in [9.17, 15) is 9.18 Å². The van der Waals surface area contributed by atoms with Crippen LogP contribution in [0.15, 0.2) is 48.7 Å². The molecule has 1 N–H and O–H groups in total. The zero-order valence-electron chi connectivity index (χ0n) is 15.7. The third kappa shape index (κ3) is 3.44. The number of nitrogens with one attached hydrogen (secondary N) is 1. The highest BCUT2D eigenvalue weighted by Gasteiger charge is 2.26. The maximum absolute atomic E-state index is 13.2. The summed E-state index contributed by atoms with van der Waals surface area (Å²) in [6, 6.07) is 11.8. The van der Waals surface area contributed by atoms with Gasteiger partial charge in [-0.25, -0.2) is 9.07 Å². The van der Waals surface area contributed by atoms with Crippen LogP contribution in [0, 0.1) is 5.82 Å². The Bertz CT molecular complexity index is 1060. The number of carbonyl (C=O) groups excluding carboxylic acids is 1. The van der Waals surface area contributed by atoms with E-state index < -0.39 is 0 Å². The molecule has 2 heterocycles. The van der Waals surface area contributed by atoms with Crippen molar-refractivity contribution in [3.8, 4) is 17.2 Å². The highest BCUT2D eigenvalue weighted by Crippen LogP contribution is 2.33. The van der Waals surface area contributed by atoms with Gasteiger partial charge in [-0.3, -0.25) is 4.79 Å². The monoisotopic (exact) mass is 393 g/mol. The Morgan fingerprint density at radius 1 is 1.17 bits per heavy atom. The highest BCUT2D eigenvalue weighted by molar-refractivity contribution is 5.79. The number of aromatic nitrogens is 2. The Morgan fingerprint density at radius 3 is 2.86 bits per heavy atom. The van der Waals surface area contributed by atoms with Gasteiger partial charge in [-0.15, -0.1) is 0 Å². The average Bonchev–Trinajstić information content (AvgIpc) is 3.35. The van der Waals surface area contributed by atoms with Crippen LogP contribution >= 0.6 is 0 Å². The van der Waals surface area contributed by atoms with Crippen molar-refractivity contribution in [2.24, 2.45) is 0 Å². The van der Waals surface area contributed by atoms with Crippen molar-refractivity contribution in [3.05, 3.63) is 71.3 Å². The van der Waals surface area contributed by atoms with Crippen LogP contribution in [0.25, 0.3) is 5.69 Å². The van der Waals surface area contributed by atoms with Crippen LogP contribution < -0.4 is 14.8 Å².